The molecule has 1 N–H and O–H groups in total. The fourth-order valence-electron chi connectivity index (χ4n) is 1.92. The lowest BCUT2D eigenvalue weighted by molar-refractivity contribution is 0.101. The minimum Gasteiger partial charge on any atom is -0.461 e. The smallest absolute Gasteiger partial charge is 0.230 e. The second kappa shape index (κ2) is 3.99. The third kappa shape index (κ3) is 1.54. The lowest BCUT2D eigenvalue weighted by atomic mass is 10.1. The Balaban J connectivity index is 2.22. The molecule has 3 heterocycles. The molecule has 0 aliphatic heterocycles. The summed E-state index contributed by atoms with van der Waals surface area (Å²) in [6, 6.07) is 3.41. The maximum absolute atomic E-state index is 12.4. The van der Waals surface area contributed by atoms with Crippen molar-refractivity contribution in [1.29, 1.82) is 0 Å². The van der Waals surface area contributed by atoms with Crippen LogP contribution in [-0.4, -0.2) is 15.8 Å². The molecule has 3 rings (SSSR count). The molecule has 0 aliphatic carbocycles. The number of hydrogen-bond acceptors (Lipinski definition) is 3. The van der Waals surface area contributed by atoms with Crippen molar-refractivity contribution in [2.45, 2.75) is 6.92 Å². The first-order valence-electron chi connectivity index (χ1n) is 5.39. The molecule has 5 heteroatoms. The number of carbonyl (C=O) groups excluding carboxylic acids is 1. The van der Waals surface area contributed by atoms with Gasteiger partial charge in [-0.3, -0.25) is 4.79 Å². The van der Waals surface area contributed by atoms with Gasteiger partial charge in [-0.25, -0.2) is 4.98 Å². The summed E-state index contributed by atoms with van der Waals surface area (Å²) in [6.45, 7) is 1.82. The molecule has 0 spiro atoms. The highest BCUT2D eigenvalue weighted by Gasteiger charge is 2.20. The summed E-state index contributed by atoms with van der Waals surface area (Å²) >= 11 is 6.11. The third-order valence-electron chi connectivity index (χ3n) is 2.84. The lowest BCUT2D eigenvalue weighted by Crippen LogP contribution is -2.00. The molecular formula is C13H9ClN2O2. The van der Waals surface area contributed by atoms with Crippen LogP contribution in [0.1, 0.15) is 21.7 Å². The standard InChI is InChI=1S/C13H9ClN2O2/c1-7-3-5-18-12(7)11(17)8-6-16-13-10(8)9(14)2-4-15-13/h2-6H,1H3,(H,15,16). The van der Waals surface area contributed by atoms with E-state index in [0.717, 1.165) is 5.56 Å². The molecule has 90 valence electrons. The summed E-state index contributed by atoms with van der Waals surface area (Å²) in [5.74, 6) is 0.134. The van der Waals surface area contributed by atoms with Crippen molar-refractivity contribution < 1.29 is 9.21 Å². The second-order valence-electron chi connectivity index (χ2n) is 3.98. The zero-order chi connectivity index (χ0) is 12.7. The lowest BCUT2D eigenvalue weighted by Gasteiger charge is -1.98. The summed E-state index contributed by atoms with van der Waals surface area (Å²) < 4.78 is 5.21. The Kier molecular flexibility index (Phi) is 2.45. The van der Waals surface area contributed by atoms with Crippen LogP contribution in [0.25, 0.3) is 11.0 Å². The first-order chi connectivity index (χ1) is 8.68. The van der Waals surface area contributed by atoms with Gasteiger partial charge in [0.05, 0.1) is 16.8 Å². The first-order valence-corrected chi connectivity index (χ1v) is 5.76. The van der Waals surface area contributed by atoms with Gasteiger partial charge in [-0.05, 0) is 24.6 Å². The van der Waals surface area contributed by atoms with E-state index in [4.69, 9.17) is 16.0 Å². The van der Waals surface area contributed by atoms with Crippen LogP contribution >= 0.6 is 11.6 Å². The molecule has 0 aliphatic rings. The third-order valence-corrected chi connectivity index (χ3v) is 3.15. The van der Waals surface area contributed by atoms with Crippen molar-refractivity contribution in [3.8, 4) is 0 Å². The van der Waals surface area contributed by atoms with Gasteiger partial charge in [0.1, 0.15) is 5.65 Å². The molecule has 0 aromatic carbocycles. The van der Waals surface area contributed by atoms with Gasteiger partial charge < -0.3 is 9.40 Å². The first kappa shape index (κ1) is 11.0. The number of carbonyl (C=O) groups is 1. The Morgan fingerprint density at radius 3 is 3.00 bits per heavy atom. The summed E-state index contributed by atoms with van der Waals surface area (Å²) in [4.78, 5) is 19.4. The van der Waals surface area contributed by atoms with Crippen molar-refractivity contribution in [3.05, 3.63) is 52.7 Å². The van der Waals surface area contributed by atoms with Crippen molar-refractivity contribution in [2.75, 3.05) is 0 Å². The Morgan fingerprint density at radius 2 is 2.28 bits per heavy atom. The summed E-state index contributed by atoms with van der Waals surface area (Å²) in [7, 11) is 0. The maximum Gasteiger partial charge on any atom is 0.230 e. The van der Waals surface area contributed by atoms with Gasteiger partial charge in [0, 0.05) is 17.8 Å². The Bertz CT molecular complexity index is 742. The van der Waals surface area contributed by atoms with Gasteiger partial charge in [0.15, 0.2) is 5.76 Å². The van der Waals surface area contributed by atoms with E-state index in [-0.39, 0.29) is 5.78 Å². The van der Waals surface area contributed by atoms with E-state index >= 15 is 0 Å². The molecule has 3 aromatic rings. The average molecular weight is 261 g/mol. The van der Waals surface area contributed by atoms with Crippen LogP contribution in [0.15, 0.2) is 35.2 Å². The molecule has 0 radical (unpaired) electrons. The number of rotatable bonds is 2. The number of halogens is 1. The predicted octanol–water partition coefficient (Wildman–Crippen LogP) is 3.35. The number of nitrogens with zero attached hydrogens (tertiary/aromatic N) is 1. The number of H-pyrrole nitrogens is 1. The normalized spacial score (nSPS) is 11.0. The summed E-state index contributed by atoms with van der Waals surface area (Å²) in [5, 5.41) is 1.12. The molecule has 0 atom stereocenters. The van der Waals surface area contributed by atoms with Gasteiger partial charge in [-0.15, -0.1) is 0 Å². The molecule has 0 unspecified atom stereocenters. The maximum atomic E-state index is 12.4. The molecule has 0 fully saturated rings. The number of pyridine rings is 1. The minimum atomic E-state index is -0.196. The van der Waals surface area contributed by atoms with Crippen LogP contribution in [0.3, 0.4) is 0 Å². The number of furan rings is 1. The van der Waals surface area contributed by atoms with Gasteiger partial charge >= 0.3 is 0 Å². The van der Waals surface area contributed by atoms with E-state index < -0.39 is 0 Å². The molecular weight excluding hydrogens is 252 g/mol. The van der Waals surface area contributed by atoms with Gasteiger partial charge in [0.25, 0.3) is 0 Å². The monoisotopic (exact) mass is 260 g/mol. The molecule has 0 bridgehead atoms. The van der Waals surface area contributed by atoms with E-state index in [1.165, 1.54) is 6.26 Å². The zero-order valence-electron chi connectivity index (χ0n) is 9.53. The van der Waals surface area contributed by atoms with Crippen molar-refractivity contribution in [1.82, 2.24) is 9.97 Å². The summed E-state index contributed by atoms with van der Waals surface area (Å²) in [5.41, 5.74) is 1.87. The van der Waals surface area contributed by atoms with Crippen LogP contribution in [0, 0.1) is 6.92 Å². The fourth-order valence-corrected chi connectivity index (χ4v) is 2.17. The average Bonchev–Trinajstić information content (AvgIpc) is 2.95. The van der Waals surface area contributed by atoms with Gasteiger partial charge in [-0.2, -0.15) is 0 Å². The van der Waals surface area contributed by atoms with E-state index in [2.05, 4.69) is 9.97 Å². The Labute approximate surface area is 108 Å². The van der Waals surface area contributed by atoms with E-state index in [9.17, 15) is 4.79 Å². The Morgan fingerprint density at radius 1 is 1.44 bits per heavy atom. The van der Waals surface area contributed by atoms with Crippen LogP contribution in [0.4, 0.5) is 0 Å². The highest BCUT2D eigenvalue weighted by Crippen LogP contribution is 2.27. The van der Waals surface area contributed by atoms with E-state index in [1.54, 1.807) is 24.5 Å². The van der Waals surface area contributed by atoms with Crippen molar-refractivity contribution >= 4 is 28.4 Å². The SMILES string of the molecule is Cc1ccoc1C(=O)c1c[nH]c2nccc(Cl)c12. The number of aromatic nitrogens is 2. The van der Waals surface area contributed by atoms with E-state index in [1.807, 2.05) is 6.92 Å². The number of fused-ring (bicyclic) bond motifs is 1. The molecule has 4 nitrogen and oxygen atoms in total. The van der Waals surface area contributed by atoms with E-state index in [0.29, 0.717) is 27.4 Å². The van der Waals surface area contributed by atoms with Gasteiger partial charge in [-0.1, -0.05) is 11.6 Å². The topological polar surface area (TPSA) is 58.9 Å². The fraction of sp³-hybridized carbons (Fsp3) is 0.0769. The largest absolute Gasteiger partial charge is 0.461 e. The highest BCUT2D eigenvalue weighted by molar-refractivity contribution is 6.37. The number of aromatic amines is 1. The van der Waals surface area contributed by atoms with Gasteiger partial charge in [0.2, 0.25) is 5.78 Å². The predicted molar refractivity (Wildman–Crippen MR) is 68.0 cm³/mol. The number of nitrogens with one attached hydrogen (secondary N) is 1. The van der Waals surface area contributed by atoms with Crippen LogP contribution in [-0.2, 0) is 0 Å². The van der Waals surface area contributed by atoms with Crippen LogP contribution in [0.5, 0.6) is 0 Å². The minimum absolute atomic E-state index is 0.196. The van der Waals surface area contributed by atoms with Crippen LogP contribution in [0.2, 0.25) is 5.02 Å². The van der Waals surface area contributed by atoms with Crippen molar-refractivity contribution in [2.24, 2.45) is 0 Å². The quantitative estimate of drug-likeness (QED) is 0.719. The molecule has 18 heavy (non-hydrogen) atoms. The number of hydrogen-bond donors (Lipinski definition) is 1. The molecule has 0 amide bonds. The number of aryl methyl sites for hydroxylation is 1. The van der Waals surface area contributed by atoms with Crippen LogP contribution < -0.4 is 0 Å². The molecule has 0 saturated heterocycles. The highest BCUT2D eigenvalue weighted by atomic mass is 35.5. The summed E-state index contributed by atoms with van der Waals surface area (Å²) in [6.07, 6.45) is 4.69. The zero-order valence-corrected chi connectivity index (χ0v) is 10.3. The number of ketones is 1. The van der Waals surface area contributed by atoms with Crippen molar-refractivity contribution in [3.63, 3.8) is 0 Å². The Hall–Kier alpha value is -2.07. The molecule has 0 saturated carbocycles. The molecule has 3 aromatic heterocycles. The second-order valence-corrected chi connectivity index (χ2v) is 4.39.